The Balaban J connectivity index is 1.53. The molecule has 4 amide bonds. The first kappa shape index (κ1) is 40.7. The van der Waals surface area contributed by atoms with E-state index in [4.69, 9.17) is 0 Å². The lowest BCUT2D eigenvalue weighted by Gasteiger charge is -2.32. The zero-order valence-electron chi connectivity index (χ0n) is 31.1. The van der Waals surface area contributed by atoms with Gasteiger partial charge in [-0.3, -0.25) is 19.2 Å². The second-order valence-corrected chi connectivity index (χ2v) is 15.5. The molecule has 0 bridgehead atoms. The van der Waals surface area contributed by atoms with E-state index in [0.717, 1.165) is 36.8 Å². The summed E-state index contributed by atoms with van der Waals surface area (Å²) in [6, 6.07) is 17.6. The number of carbonyl (C=O) groups excluding carboxylic acids is 4. The van der Waals surface area contributed by atoms with Crippen molar-refractivity contribution in [3.63, 3.8) is 0 Å². The minimum Gasteiger partial charge on any atom is -0.391 e. The molecule has 2 aromatic carbocycles. The molecule has 1 aliphatic rings. The van der Waals surface area contributed by atoms with Crippen molar-refractivity contribution in [2.45, 2.75) is 116 Å². The Morgan fingerprint density at radius 2 is 1.50 bits per heavy atom. The van der Waals surface area contributed by atoms with E-state index >= 15 is 0 Å². The Kier molecular flexibility index (Phi) is 16.3. The molecule has 52 heavy (non-hydrogen) atoms. The zero-order chi connectivity index (χ0) is 37.5. The lowest BCUT2D eigenvalue weighted by atomic mass is 9.82. The smallest absolute Gasteiger partial charge is 0.243 e. The summed E-state index contributed by atoms with van der Waals surface area (Å²) >= 11 is 1.40. The molecule has 3 aromatic rings. The number of aliphatic hydroxyl groups excluding tert-OH is 1. The van der Waals surface area contributed by atoms with Gasteiger partial charge in [-0.05, 0) is 50.2 Å². The van der Waals surface area contributed by atoms with Crippen molar-refractivity contribution in [1.29, 1.82) is 0 Å². The lowest BCUT2D eigenvalue weighted by molar-refractivity contribution is -0.137. The summed E-state index contributed by atoms with van der Waals surface area (Å²) in [4.78, 5) is 60.7. The first-order valence-corrected chi connectivity index (χ1v) is 19.7. The Morgan fingerprint density at radius 1 is 0.846 bits per heavy atom. The highest BCUT2D eigenvalue weighted by molar-refractivity contribution is 7.07. The topological polar surface area (TPSA) is 141 Å². The molecule has 0 saturated heterocycles. The first-order valence-electron chi connectivity index (χ1n) is 18.8. The summed E-state index contributed by atoms with van der Waals surface area (Å²) in [7, 11) is 1.73. The molecule has 0 radical (unpaired) electrons. The van der Waals surface area contributed by atoms with Gasteiger partial charge >= 0.3 is 0 Å². The van der Waals surface area contributed by atoms with E-state index < -0.39 is 41.8 Å². The highest BCUT2D eigenvalue weighted by atomic mass is 32.1. The van der Waals surface area contributed by atoms with Crippen LogP contribution >= 0.6 is 11.3 Å². The Hall–Kier alpha value is -4.09. The third kappa shape index (κ3) is 13.5. The van der Waals surface area contributed by atoms with E-state index in [-0.39, 0.29) is 37.1 Å². The van der Waals surface area contributed by atoms with E-state index in [1.165, 1.54) is 17.8 Å². The number of hydrogen-bond donors (Lipinski definition) is 4. The monoisotopic (exact) mass is 731 g/mol. The van der Waals surface area contributed by atoms with Crippen molar-refractivity contribution in [1.82, 2.24) is 25.8 Å². The van der Waals surface area contributed by atoms with Gasteiger partial charge in [-0.15, -0.1) is 11.3 Å². The number of nitrogens with one attached hydrogen (secondary N) is 3. The molecule has 1 aliphatic carbocycles. The molecule has 5 atom stereocenters. The largest absolute Gasteiger partial charge is 0.391 e. The predicted octanol–water partition coefficient (Wildman–Crippen LogP) is 5.44. The highest BCUT2D eigenvalue weighted by Gasteiger charge is 2.33. The number of carbonyl (C=O) groups is 4. The van der Waals surface area contributed by atoms with E-state index in [0.29, 0.717) is 31.0 Å². The van der Waals surface area contributed by atoms with Gasteiger partial charge in [0.1, 0.15) is 6.04 Å². The number of aromatic nitrogens is 1. The second-order valence-electron chi connectivity index (χ2n) is 14.8. The SMILES string of the molecule is CC(C)NC(=O)[C@H](C)C[C@H](O)[C@H](CC1CCCCC1)NC(=O)[C@H](Cc1cscn1)NC(=O)[C@@H](CC(=O)N(C)Cc1ccccc1)Cc1ccccc1. The van der Waals surface area contributed by atoms with E-state index in [1.54, 1.807) is 24.4 Å². The third-order valence-electron chi connectivity index (χ3n) is 9.91. The van der Waals surface area contributed by atoms with E-state index in [2.05, 4.69) is 20.9 Å². The van der Waals surface area contributed by atoms with Gasteiger partial charge in [0, 0.05) is 43.8 Å². The number of rotatable bonds is 19. The van der Waals surface area contributed by atoms with Crippen LogP contribution in [0, 0.1) is 17.8 Å². The fourth-order valence-electron chi connectivity index (χ4n) is 6.95. The van der Waals surface area contributed by atoms with Gasteiger partial charge in [0.2, 0.25) is 23.6 Å². The van der Waals surface area contributed by atoms with Gasteiger partial charge in [-0.1, -0.05) is 99.7 Å². The summed E-state index contributed by atoms with van der Waals surface area (Å²) < 4.78 is 0. The molecule has 1 aromatic heterocycles. The van der Waals surface area contributed by atoms with Crippen molar-refractivity contribution in [2.75, 3.05) is 7.05 Å². The van der Waals surface area contributed by atoms with Crippen LogP contribution in [0.4, 0.5) is 0 Å². The molecule has 1 saturated carbocycles. The van der Waals surface area contributed by atoms with Gasteiger partial charge in [0.05, 0.1) is 29.3 Å². The average Bonchev–Trinajstić information content (AvgIpc) is 3.65. The first-order chi connectivity index (χ1) is 25.0. The van der Waals surface area contributed by atoms with Crippen LogP contribution in [0.3, 0.4) is 0 Å². The van der Waals surface area contributed by atoms with Crippen LogP contribution in [-0.4, -0.2) is 69.9 Å². The maximum absolute atomic E-state index is 14.2. The average molecular weight is 732 g/mol. The molecule has 4 N–H and O–H groups in total. The molecular weight excluding hydrogens is 675 g/mol. The summed E-state index contributed by atoms with van der Waals surface area (Å²) in [5.41, 5.74) is 4.24. The second kappa shape index (κ2) is 20.8. The number of amides is 4. The maximum atomic E-state index is 14.2. The molecule has 10 nitrogen and oxygen atoms in total. The molecule has 4 rings (SSSR count). The van der Waals surface area contributed by atoms with Crippen LogP contribution in [-0.2, 0) is 38.6 Å². The van der Waals surface area contributed by atoms with Gasteiger partial charge < -0.3 is 26.0 Å². The number of thiazole rings is 1. The molecule has 11 heteroatoms. The molecule has 1 heterocycles. The molecule has 1 fully saturated rings. The van der Waals surface area contributed by atoms with Crippen molar-refractivity contribution < 1.29 is 24.3 Å². The minimum atomic E-state index is -0.993. The summed E-state index contributed by atoms with van der Waals surface area (Å²) in [5.74, 6) is -1.98. The number of aliphatic hydroxyl groups is 1. The Labute approximate surface area is 313 Å². The van der Waals surface area contributed by atoms with E-state index in [1.807, 2.05) is 79.9 Å². The highest BCUT2D eigenvalue weighted by Crippen LogP contribution is 2.29. The van der Waals surface area contributed by atoms with Crippen molar-refractivity contribution >= 4 is 35.0 Å². The summed E-state index contributed by atoms with van der Waals surface area (Å²) in [6.07, 6.45) is 5.70. The number of benzene rings is 2. The Bertz CT molecular complexity index is 1530. The molecule has 0 aliphatic heterocycles. The van der Waals surface area contributed by atoms with Gasteiger partial charge in [-0.25, -0.2) is 4.98 Å². The van der Waals surface area contributed by atoms with Gasteiger partial charge in [0.25, 0.3) is 0 Å². The molecule has 282 valence electrons. The van der Waals surface area contributed by atoms with Crippen molar-refractivity contribution in [3.05, 3.63) is 88.4 Å². The minimum absolute atomic E-state index is 0.0230. The van der Waals surface area contributed by atoms with Crippen LogP contribution < -0.4 is 16.0 Å². The van der Waals surface area contributed by atoms with Crippen LogP contribution in [0.5, 0.6) is 0 Å². The molecule has 0 spiro atoms. The number of hydrogen-bond acceptors (Lipinski definition) is 7. The standard InChI is InChI=1S/C41H57N5O5S/c1-28(2)43-39(49)29(3)20-37(47)35(22-31-16-10-6-11-17-31)44-41(51)36(24-34-26-52-27-42-34)45-40(50)33(21-30-14-8-5-9-15-30)23-38(48)46(4)25-32-18-12-7-13-19-32/h5,7-9,12-15,18-19,26-29,31,33,35-37,47H,6,10-11,16-17,20-25H2,1-4H3,(H,43,49)(H,44,51)(H,45,50)/t29-,33-,35+,36+,37+/m1/s1. The number of nitrogens with zero attached hydrogens (tertiary/aromatic N) is 2. The Morgan fingerprint density at radius 3 is 2.12 bits per heavy atom. The quantitative estimate of drug-likeness (QED) is 0.129. The van der Waals surface area contributed by atoms with Gasteiger partial charge in [-0.2, -0.15) is 0 Å². The summed E-state index contributed by atoms with van der Waals surface area (Å²) in [5, 5.41) is 22.4. The van der Waals surface area contributed by atoms with E-state index in [9.17, 15) is 24.3 Å². The van der Waals surface area contributed by atoms with Crippen molar-refractivity contribution in [2.24, 2.45) is 17.8 Å². The lowest BCUT2D eigenvalue weighted by Crippen LogP contribution is -2.55. The fourth-order valence-corrected chi connectivity index (χ4v) is 7.52. The normalized spacial score (nSPS) is 16.3. The molecular formula is C41H57N5O5S. The zero-order valence-corrected chi connectivity index (χ0v) is 31.9. The van der Waals surface area contributed by atoms with Crippen LogP contribution in [0.25, 0.3) is 0 Å². The van der Waals surface area contributed by atoms with Crippen molar-refractivity contribution in [3.8, 4) is 0 Å². The summed E-state index contributed by atoms with van der Waals surface area (Å²) in [6.45, 7) is 5.99. The van der Waals surface area contributed by atoms with Crippen LogP contribution in [0.2, 0.25) is 0 Å². The maximum Gasteiger partial charge on any atom is 0.243 e. The van der Waals surface area contributed by atoms with Crippen LogP contribution in [0.15, 0.2) is 71.6 Å². The van der Waals surface area contributed by atoms with Gasteiger partial charge in [0.15, 0.2) is 0 Å². The fraction of sp³-hybridized carbons (Fsp3) is 0.537. The van der Waals surface area contributed by atoms with Crippen LogP contribution in [0.1, 0.15) is 89.0 Å². The third-order valence-corrected chi connectivity index (χ3v) is 10.5. The molecule has 0 unspecified atom stereocenters. The predicted molar refractivity (Wildman–Crippen MR) is 205 cm³/mol.